The van der Waals surface area contributed by atoms with E-state index in [2.05, 4.69) is 15.4 Å². The van der Waals surface area contributed by atoms with E-state index in [9.17, 15) is 24.5 Å². The summed E-state index contributed by atoms with van der Waals surface area (Å²) in [6.07, 6.45) is 2.46. The maximum atomic E-state index is 13.0. The minimum absolute atomic E-state index is 0.107. The number of thiophene rings is 1. The summed E-state index contributed by atoms with van der Waals surface area (Å²) in [5.74, 6) is -0.728. The lowest BCUT2D eigenvalue weighted by molar-refractivity contribution is -0.384. The Labute approximate surface area is 202 Å². The van der Waals surface area contributed by atoms with E-state index in [0.717, 1.165) is 9.44 Å². The molecule has 0 unspecified atom stereocenters. The average molecular weight is 496 g/mol. The molecule has 4 aromatic rings. The molecule has 0 aliphatic heterocycles. The molecule has 0 bridgehead atoms. The van der Waals surface area contributed by atoms with Gasteiger partial charge in [0, 0.05) is 17.5 Å². The first-order chi connectivity index (χ1) is 16.9. The first-order valence-corrected chi connectivity index (χ1v) is 11.5. The second-order valence-electron chi connectivity index (χ2n) is 7.48. The third kappa shape index (κ3) is 5.09. The predicted octanol–water partition coefficient (Wildman–Crippen LogP) is 1.72. The maximum Gasteiger partial charge on any atom is 0.294 e. The van der Waals surface area contributed by atoms with Crippen LogP contribution >= 0.6 is 11.3 Å². The Morgan fingerprint density at radius 3 is 2.74 bits per heavy atom. The number of nitro groups is 1. The van der Waals surface area contributed by atoms with Crippen molar-refractivity contribution < 1.29 is 14.5 Å². The number of amides is 2. The van der Waals surface area contributed by atoms with Crippen LogP contribution in [-0.2, 0) is 22.7 Å². The smallest absolute Gasteiger partial charge is 0.294 e. The summed E-state index contributed by atoms with van der Waals surface area (Å²) in [7, 11) is 0. The van der Waals surface area contributed by atoms with Gasteiger partial charge in [-0.05, 0) is 24.4 Å². The first kappa shape index (κ1) is 23.8. The highest BCUT2D eigenvalue weighted by Gasteiger charge is 2.21. The second kappa shape index (κ2) is 10.3. The highest BCUT2D eigenvalue weighted by atomic mass is 32.1. The molecule has 3 heterocycles. The fourth-order valence-corrected chi connectivity index (χ4v) is 4.13. The van der Waals surface area contributed by atoms with Crippen molar-refractivity contribution in [2.24, 2.45) is 0 Å². The van der Waals surface area contributed by atoms with Crippen molar-refractivity contribution in [3.63, 3.8) is 0 Å². The number of para-hydroxylation sites is 2. The van der Waals surface area contributed by atoms with Crippen LogP contribution < -0.4 is 10.9 Å². The quantitative estimate of drug-likeness (QED) is 0.275. The van der Waals surface area contributed by atoms with Crippen molar-refractivity contribution in [2.45, 2.75) is 20.0 Å². The third-order valence-corrected chi connectivity index (χ3v) is 6.15. The van der Waals surface area contributed by atoms with Gasteiger partial charge in [-0.1, -0.05) is 18.2 Å². The lowest BCUT2D eigenvalue weighted by Gasteiger charge is -2.20. The van der Waals surface area contributed by atoms with E-state index < -0.39 is 16.4 Å². The van der Waals surface area contributed by atoms with Gasteiger partial charge in [-0.15, -0.1) is 11.3 Å². The van der Waals surface area contributed by atoms with E-state index in [0.29, 0.717) is 6.54 Å². The van der Waals surface area contributed by atoms with Crippen LogP contribution in [0.5, 0.6) is 0 Å². The normalized spacial score (nSPS) is 10.9. The van der Waals surface area contributed by atoms with Crippen LogP contribution in [0.3, 0.4) is 0 Å². The zero-order chi connectivity index (χ0) is 24.9. The van der Waals surface area contributed by atoms with E-state index in [1.165, 1.54) is 51.6 Å². The molecule has 1 aromatic carbocycles. The predicted molar refractivity (Wildman–Crippen MR) is 128 cm³/mol. The Bertz CT molecular complexity index is 1440. The van der Waals surface area contributed by atoms with E-state index in [4.69, 9.17) is 0 Å². The molecular weight excluding hydrogens is 474 g/mol. The molecule has 2 amide bonds. The van der Waals surface area contributed by atoms with Gasteiger partial charge in [-0.25, -0.2) is 9.67 Å². The van der Waals surface area contributed by atoms with Crippen LogP contribution in [0, 0.1) is 10.1 Å². The van der Waals surface area contributed by atoms with Crippen LogP contribution in [0.4, 0.5) is 5.69 Å². The standard InChI is InChI=1S/C22H21N7O5S/c1-2-26(12-19(30)23-10-15-6-5-9-35-15)20(31)13-27-14-24-21-16(22(27)32)11-25-28(21)17-7-3-4-8-18(17)29(33)34/h3-9,11,14H,2,10,12-13H2,1H3,(H,23,30). The number of carbonyl (C=O) groups is 2. The lowest BCUT2D eigenvalue weighted by Crippen LogP contribution is -2.42. The van der Waals surface area contributed by atoms with E-state index >= 15 is 0 Å². The Morgan fingerprint density at radius 2 is 2.03 bits per heavy atom. The molecule has 4 rings (SSSR count). The number of rotatable bonds is 9. The molecule has 0 fully saturated rings. The fourth-order valence-electron chi connectivity index (χ4n) is 3.49. The number of nitro benzene ring substituents is 1. The highest BCUT2D eigenvalue weighted by molar-refractivity contribution is 7.09. The van der Waals surface area contributed by atoms with Gasteiger partial charge in [0.05, 0.1) is 24.2 Å². The van der Waals surface area contributed by atoms with Gasteiger partial charge in [0.1, 0.15) is 23.9 Å². The molecule has 3 aromatic heterocycles. The topological polar surface area (TPSA) is 145 Å². The molecule has 0 saturated heterocycles. The molecule has 1 N–H and O–H groups in total. The number of benzene rings is 1. The number of hydrogen-bond acceptors (Lipinski definition) is 8. The molecule has 13 heteroatoms. The van der Waals surface area contributed by atoms with Crippen LogP contribution in [0.25, 0.3) is 16.7 Å². The molecule has 0 aliphatic rings. The molecule has 0 atom stereocenters. The summed E-state index contributed by atoms with van der Waals surface area (Å²) < 4.78 is 2.35. The molecule has 0 saturated carbocycles. The summed E-state index contributed by atoms with van der Waals surface area (Å²) >= 11 is 1.52. The van der Waals surface area contributed by atoms with Crippen molar-refractivity contribution in [1.29, 1.82) is 0 Å². The zero-order valence-electron chi connectivity index (χ0n) is 18.7. The van der Waals surface area contributed by atoms with E-state index in [-0.39, 0.29) is 47.9 Å². The van der Waals surface area contributed by atoms with Gasteiger partial charge in [0.15, 0.2) is 5.65 Å². The summed E-state index contributed by atoms with van der Waals surface area (Å²) in [5.41, 5.74) is -0.409. The maximum absolute atomic E-state index is 13.0. The average Bonchev–Trinajstić information content (AvgIpc) is 3.53. The summed E-state index contributed by atoms with van der Waals surface area (Å²) in [4.78, 5) is 55.5. The number of aromatic nitrogens is 4. The Balaban J connectivity index is 1.51. The molecule has 0 spiro atoms. The van der Waals surface area contributed by atoms with Crippen molar-refractivity contribution in [2.75, 3.05) is 13.1 Å². The van der Waals surface area contributed by atoms with Gasteiger partial charge in [0.25, 0.3) is 11.2 Å². The van der Waals surface area contributed by atoms with Gasteiger partial charge < -0.3 is 10.2 Å². The Hall–Kier alpha value is -4.39. The van der Waals surface area contributed by atoms with E-state index in [1.807, 2.05) is 17.5 Å². The van der Waals surface area contributed by atoms with Crippen LogP contribution in [-0.4, -0.2) is 54.1 Å². The summed E-state index contributed by atoms with van der Waals surface area (Å²) in [6, 6.07) is 9.78. The molecule has 0 aliphatic carbocycles. The number of hydrogen-bond donors (Lipinski definition) is 1. The lowest BCUT2D eigenvalue weighted by atomic mass is 10.2. The van der Waals surface area contributed by atoms with Gasteiger partial charge in [-0.3, -0.25) is 29.1 Å². The first-order valence-electron chi connectivity index (χ1n) is 10.6. The van der Waals surface area contributed by atoms with Gasteiger partial charge in [0.2, 0.25) is 11.8 Å². The Morgan fingerprint density at radius 1 is 1.23 bits per heavy atom. The minimum atomic E-state index is -0.543. The van der Waals surface area contributed by atoms with Crippen molar-refractivity contribution in [3.8, 4) is 5.69 Å². The van der Waals surface area contributed by atoms with Gasteiger partial charge in [-0.2, -0.15) is 5.10 Å². The zero-order valence-corrected chi connectivity index (χ0v) is 19.5. The van der Waals surface area contributed by atoms with Gasteiger partial charge >= 0.3 is 0 Å². The molecule has 12 nitrogen and oxygen atoms in total. The van der Waals surface area contributed by atoms with Crippen molar-refractivity contribution in [1.82, 2.24) is 29.5 Å². The number of likely N-dealkylation sites (N-methyl/N-ethyl adjacent to an activating group) is 1. The third-order valence-electron chi connectivity index (χ3n) is 5.28. The van der Waals surface area contributed by atoms with Crippen LogP contribution in [0.2, 0.25) is 0 Å². The van der Waals surface area contributed by atoms with Crippen LogP contribution in [0.15, 0.2) is 59.1 Å². The van der Waals surface area contributed by atoms with E-state index in [1.54, 1.807) is 13.0 Å². The monoisotopic (exact) mass is 495 g/mol. The SMILES string of the molecule is CCN(CC(=O)NCc1cccs1)C(=O)Cn1cnc2c(cnn2-c2ccccc2[N+](=O)[O-])c1=O. The molecule has 0 radical (unpaired) electrons. The molecule has 180 valence electrons. The molecular formula is C22H21N7O5S. The largest absolute Gasteiger partial charge is 0.350 e. The summed E-state index contributed by atoms with van der Waals surface area (Å²) in [5, 5.41) is 20.3. The highest BCUT2D eigenvalue weighted by Crippen LogP contribution is 2.23. The minimum Gasteiger partial charge on any atom is -0.350 e. The van der Waals surface area contributed by atoms with Crippen molar-refractivity contribution >= 4 is 39.9 Å². The number of nitrogens with zero attached hydrogens (tertiary/aromatic N) is 6. The number of fused-ring (bicyclic) bond motifs is 1. The molecule has 35 heavy (non-hydrogen) atoms. The van der Waals surface area contributed by atoms with Crippen molar-refractivity contribution in [3.05, 3.63) is 79.6 Å². The number of carbonyl (C=O) groups excluding carboxylic acids is 2. The summed E-state index contributed by atoms with van der Waals surface area (Å²) in [6.45, 7) is 1.95. The second-order valence-corrected chi connectivity index (χ2v) is 8.51. The fraction of sp³-hybridized carbons (Fsp3) is 0.227. The number of nitrogens with one attached hydrogen (secondary N) is 1. The van der Waals surface area contributed by atoms with Crippen LogP contribution in [0.1, 0.15) is 11.8 Å². The Kier molecular flexibility index (Phi) is 6.96.